The number of benzene rings is 2. The monoisotopic (exact) mass is 448 g/mol. The molecule has 10 heteroatoms. The molecule has 2 heterocycles. The van der Waals surface area contributed by atoms with Crippen LogP contribution in [0, 0.1) is 29.1 Å². The van der Waals surface area contributed by atoms with E-state index in [1.165, 1.54) is 12.3 Å². The van der Waals surface area contributed by atoms with E-state index in [2.05, 4.69) is 15.4 Å². The molecule has 32 heavy (non-hydrogen) atoms. The van der Waals surface area contributed by atoms with Crippen molar-refractivity contribution < 1.29 is 26.7 Å². The molecule has 2 aromatic heterocycles. The van der Waals surface area contributed by atoms with Gasteiger partial charge in [-0.05, 0) is 24.5 Å². The second kappa shape index (κ2) is 8.81. The smallest absolute Gasteiger partial charge is 0.225 e. The number of para-hydroxylation sites is 1. The number of aryl methyl sites for hydroxylation is 1. The first-order chi connectivity index (χ1) is 15.3. The summed E-state index contributed by atoms with van der Waals surface area (Å²) in [6.45, 7) is -0.692. The summed E-state index contributed by atoms with van der Waals surface area (Å²) in [5.74, 6) is -10.3. The third kappa shape index (κ3) is 4.20. The van der Waals surface area contributed by atoms with Gasteiger partial charge in [0.25, 0.3) is 0 Å². The Kier molecular flexibility index (Phi) is 5.93. The SMILES string of the molecule is O=C(CCCc1c[nH]c2ccccc12)Nc1ccn(Cc2c(F)c(F)c(F)c(F)c2F)n1. The molecule has 0 aliphatic rings. The van der Waals surface area contributed by atoms with Gasteiger partial charge in [0.1, 0.15) is 0 Å². The second-order valence-electron chi connectivity index (χ2n) is 7.21. The first-order valence-electron chi connectivity index (χ1n) is 9.73. The topological polar surface area (TPSA) is 62.7 Å². The molecule has 2 aromatic carbocycles. The van der Waals surface area contributed by atoms with Gasteiger partial charge < -0.3 is 10.3 Å². The maximum Gasteiger partial charge on any atom is 0.225 e. The lowest BCUT2D eigenvalue weighted by Gasteiger charge is -2.08. The lowest BCUT2D eigenvalue weighted by Crippen LogP contribution is -2.14. The van der Waals surface area contributed by atoms with E-state index >= 15 is 0 Å². The molecule has 4 aromatic rings. The Morgan fingerprint density at radius 2 is 1.66 bits per heavy atom. The molecule has 0 spiro atoms. The Bertz CT molecular complexity index is 1270. The Morgan fingerprint density at radius 3 is 2.41 bits per heavy atom. The second-order valence-corrected chi connectivity index (χ2v) is 7.21. The van der Waals surface area contributed by atoms with Gasteiger partial charge in [-0.15, -0.1) is 0 Å². The van der Waals surface area contributed by atoms with Crippen LogP contribution in [0.15, 0.2) is 42.7 Å². The number of aromatic nitrogens is 3. The minimum absolute atomic E-state index is 0.103. The summed E-state index contributed by atoms with van der Waals surface area (Å²) in [5, 5.41) is 7.57. The van der Waals surface area contributed by atoms with Gasteiger partial charge in [0, 0.05) is 35.8 Å². The minimum atomic E-state index is -2.22. The maximum atomic E-state index is 13.8. The third-order valence-corrected chi connectivity index (χ3v) is 5.05. The van der Waals surface area contributed by atoms with Gasteiger partial charge in [-0.2, -0.15) is 5.10 Å². The van der Waals surface area contributed by atoms with Gasteiger partial charge in [-0.1, -0.05) is 18.2 Å². The number of carbonyl (C=O) groups is 1. The summed E-state index contributed by atoms with van der Waals surface area (Å²) in [6, 6.07) is 9.20. The van der Waals surface area contributed by atoms with Gasteiger partial charge in [0.05, 0.1) is 12.1 Å². The predicted octanol–water partition coefficient (Wildman–Crippen LogP) is 5.07. The fourth-order valence-electron chi connectivity index (χ4n) is 3.45. The number of fused-ring (bicyclic) bond motifs is 1. The van der Waals surface area contributed by atoms with Crippen LogP contribution in [0.2, 0.25) is 0 Å². The zero-order chi connectivity index (χ0) is 22.8. The van der Waals surface area contributed by atoms with Crippen molar-refractivity contribution in [2.45, 2.75) is 25.8 Å². The maximum absolute atomic E-state index is 13.8. The zero-order valence-electron chi connectivity index (χ0n) is 16.6. The fraction of sp³-hybridized carbons (Fsp3) is 0.182. The van der Waals surface area contributed by atoms with Gasteiger partial charge in [-0.25, -0.2) is 22.0 Å². The molecule has 0 saturated carbocycles. The molecule has 0 aliphatic carbocycles. The summed E-state index contributed by atoms with van der Waals surface area (Å²) >= 11 is 0. The number of hydrogen-bond donors (Lipinski definition) is 2. The molecule has 0 unspecified atom stereocenters. The average molecular weight is 448 g/mol. The average Bonchev–Trinajstić information content (AvgIpc) is 3.41. The lowest BCUT2D eigenvalue weighted by molar-refractivity contribution is -0.116. The predicted molar refractivity (Wildman–Crippen MR) is 107 cm³/mol. The van der Waals surface area contributed by atoms with Crippen molar-refractivity contribution in [3.63, 3.8) is 0 Å². The fourth-order valence-corrected chi connectivity index (χ4v) is 3.45. The summed E-state index contributed by atoms with van der Waals surface area (Å²) in [5.41, 5.74) is 1.10. The number of carbonyl (C=O) groups excluding carboxylic acids is 1. The van der Waals surface area contributed by atoms with Gasteiger partial charge >= 0.3 is 0 Å². The van der Waals surface area contributed by atoms with Crippen LogP contribution in [0.3, 0.4) is 0 Å². The van der Waals surface area contributed by atoms with Crippen LogP contribution in [0.5, 0.6) is 0 Å². The van der Waals surface area contributed by atoms with E-state index in [0.717, 1.165) is 21.1 Å². The van der Waals surface area contributed by atoms with Crippen molar-refractivity contribution in [1.29, 1.82) is 0 Å². The Balaban J connectivity index is 1.35. The van der Waals surface area contributed by atoms with E-state index in [0.29, 0.717) is 12.8 Å². The number of halogens is 5. The molecule has 0 fully saturated rings. The molecular formula is C22H17F5N4O. The molecule has 0 saturated heterocycles. The van der Waals surface area contributed by atoms with E-state index in [-0.39, 0.29) is 18.1 Å². The van der Waals surface area contributed by atoms with Crippen LogP contribution in [-0.2, 0) is 17.8 Å². The highest BCUT2D eigenvalue weighted by atomic mass is 19.2. The third-order valence-electron chi connectivity index (χ3n) is 5.05. The van der Waals surface area contributed by atoms with E-state index < -0.39 is 41.2 Å². The van der Waals surface area contributed by atoms with Crippen LogP contribution in [0.25, 0.3) is 10.9 Å². The highest BCUT2D eigenvalue weighted by molar-refractivity contribution is 5.89. The van der Waals surface area contributed by atoms with E-state index in [1.54, 1.807) is 0 Å². The highest BCUT2D eigenvalue weighted by Gasteiger charge is 2.26. The van der Waals surface area contributed by atoms with Gasteiger partial charge in [-0.3, -0.25) is 9.48 Å². The number of anilines is 1. The molecule has 166 valence electrons. The van der Waals surface area contributed by atoms with E-state index in [9.17, 15) is 26.7 Å². The van der Waals surface area contributed by atoms with Gasteiger partial charge in [0.2, 0.25) is 11.7 Å². The molecule has 0 atom stereocenters. The van der Waals surface area contributed by atoms with Crippen LogP contribution in [-0.4, -0.2) is 20.7 Å². The molecular weight excluding hydrogens is 431 g/mol. The Morgan fingerprint density at radius 1 is 0.969 bits per heavy atom. The number of rotatable bonds is 7. The molecule has 0 bridgehead atoms. The minimum Gasteiger partial charge on any atom is -0.361 e. The van der Waals surface area contributed by atoms with Crippen molar-refractivity contribution in [2.24, 2.45) is 0 Å². The normalized spacial score (nSPS) is 11.3. The van der Waals surface area contributed by atoms with Crippen LogP contribution in [0.4, 0.5) is 27.8 Å². The number of aromatic amines is 1. The van der Waals surface area contributed by atoms with Crippen molar-refractivity contribution in [3.8, 4) is 0 Å². The number of nitrogens with one attached hydrogen (secondary N) is 2. The molecule has 5 nitrogen and oxygen atoms in total. The Labute approximate surface area is 178 Å². The number of nitrogens with zero attached hydrogens (tertiary/aromatic N) is 2. The Hall–Kier alpha value is -3.69. The number of H-pyrrole nitrogens is 1. The van der Waals surface area contributed by atoms with E-state index in [1.807, 2.05) is 30.5 Å². The molecule has 4 rings (SSSR count). The molecule has 2 N–H and O–H groups in total. The molecule has 0 aliphatic heterocycles. The molecule has 1 amide bonds. The standard InChI is InChI=1S/C22H17F5N4O/c23-18-14(19(24)21(26)22(27)20(18)25)11-31-9-8-16(30-31)29-17(32)7-3-4-12-10-28-15-6-2-1-5-13(12)15/h1-2,5-6,8-10,28H,3-4,7,11H2,(H,29,30,32). The van der Waals surface area contributed by atoms with Crippen molar-refractivity contribution in [1.82, 2.24) is 14.8 Å². The van der Waals surface area contributed by atoms with Crippen molar-refractivity contribution in [2.75, 3.05) is 5.32 Å². The first kappa shape index (κ1) is 21.5. The van der Waals surface area contributed by atoms with Crippen molar-refractivity contribution in [3.05, 3.63) is 82.9 Å². The number of amides is 1. The lowest BCUT2D eigenvalue weighted by atomic mass is 10.1. The number of hydrogen-bond acceptors (Lipinski definition) is 2. The quantitative estimate of drug-likeness (QED) is 0.236. The largest absolute Gasteiger partial charge is 0.361 e. The van der Waals surface area contributed by atoms with Crippen LogP contribution in [0.1, 0.15) is 24.0 Å². The molecule has 0 radical (unpaired) electrons. The zero-order valence-corrected chi connectivity index (χ0v) is 16.6. The van der Waals surface area contributed by atoms with Crippen LogP contribution >= 0.6 is 0 Å². The van der Waals surface area contributed by atoms with Gasteiger partial charge in [0.15, 0.2) is 29.1 Å². The summed E-state index contributed by atoms with van der Waals surface area (Å²) in [6.07, 6.45) is 4.65. The summed E-state index contributed by atoms with van der Waals surface area (Å²) in [7, 11) is 0. The van der Waals surface area contributed by atoms with Crippen molar-refractivity contribution >= 4 is 22.6 Å². The van der Waals surface area contributed by atoms with Crippen LogP contribution < -0.4 is 5.32 Å². The summed E-state index contributed by atoms with van der Waals surface area (Å²) < 4.78 is 68.5. The summed E-state index contributed by atoms with van der Waals surface area (Å²) in [4.78, 5) is 15.4. The van der Waals surface area contributed by atoms with E-state index in [4.69, 9.17) is 0 Å². The first-order valence-corrected chi connectivity index (χ1v) is 9.73. The highest BCUT2D eigenvalue weighted by Crippen LogP contribution is 2.24.